The predicted molar refractivity (Wildman–Crippen MR) is 115 cm³/mol. The molecule has 1 fully saturated rings. The molecular weight excluding hydrogens is 382 g/mol. The number of amides is 3. The van der Waals surface area contributed by atoms with Gasteiger partial charge in [-0.25, -0.2) is 0 Å². The number of nitrogens with zero attached hydrogens (tertiary/aromatic N) is 1. The maximum Gasteiger partial charge on any atom is 0.244 e. The third-order valence-electron chi connectivity index (χ3n) is 4.82. The van der Waals surface area contributed by atoms with Gasteiger partial charge in [0.15, 0.2) is 0 Å². The van der Waals surface area contributed by atoms with E-state index in [-0.39, 0.29) is 24.1 Å². The van der Waals surface area contributed by atoms with E-state index in [1.165, 1.54) is 6.08 Å². The van der Waals surface area contributed by atoms with Gasteiger partial charge in [-0.05, 0) is 23.8 Å². The Morgan fingerprint density at radius 1 is 1.07 bits per heavy atom. The van der Waals surface area contributed by atoms with Crippen molar-refractivity contribution >= 4 is 29.5 Å². The zero-order valence-electron chi connectivity index (χ0n) is 16.8. The number of benzene rings is 2. The van der Waals surface area contributed by atoms with Crippen LogP contribution in [-0.2, 0) is 14.4 Å². The summed E-state index contributed by atoms with van der Waals surface area (Å²) in [5, 5.41) is 5.51. The molecule has 7 heteroatoms. The van der Waals surface area contributed by atoms with Gasteiger partial charge in [0.25, 0.3) is 0 Å². The molecule has 1 saturated heterocycles. The number of ether oxygens (including phenoxy) is 1. The number of nitrogens with one attached hydrogen (secondary N) is 2. The van der Waals surface area contributed by atoms with Crippen molar-refractivity contribution in [1.82, 2.24) is 10.6 Å². The summed E-state index contributed by atoms with van der Waals surface area (Å²) in [5.74, 6) is -0.380. The lowest BCUT2D eigenvalue weighted by Gasteiger charge is -2.19. The number of anilines is 1. The molecule has 1 atom stereocenters. The molecule has 3 amide bonds. The first kappa shape index (κ1) is 21.1. The van der Waals surface area contributed by atoms with E-state index in [0.717, 1.165) is 5.56 Å². The van der Waals surface area contributed by atoms with Crippen molar-refractivity contribution in [3.8, 4) is 5.75 Å². The van der Waals surface area contributed by atoms with Crippen LogP contribution in [0, 0.1) is 5.92 Å². The summed E-state index contributed by atoms with van der Waals surface area (Å²) in [6, 6.07) is 16.8. The van der Waals surface area contributed by atoms with Crippen LogP contribution in [0.5, 0.6) is 5.75 Å². The Kier molecular flexibility index (Phi) is 7.21. The van der Waals surface area contributed by atoms with Gasteiger partial charge in [-0.15, -0.1) is 0 Å². The summed E-state index contributed by atoms with van der Waals surface area (Å²) in [4.78, 5) is 38.3. The zero-order valence-corrected chi connectivity index (χ0v) is 16.8. The molecule has 2 aromatic carbocycles. The molecule has 1 aliphatic heterocycles. The first-order chi connectivity index (χ1) is 14.6. The molecule has 0 unspecified atom stereocenters. The maximum atomic E-state index is 12.4. The average Bonchev–Trinajstić information content (AvgIpc) is 3.17. The molecule has 1 aliphatic rings. The highest BCUT2D eigenvalue weighted by Crippen LogP contribution is 2.32. The SMILES string of the molecule is COc1ccccc1N1C[C@H](C(=O)NCCNC(=O)/C=C/c2ccccc2)CC1=O. The van der Waals surface area contributed by atoms with Crippen LogP contribution in [0.2, 0.25) is 0 Å². The first-order valence-corrected chi connectivity index (χ1v) is 9.80. The number of carbonyl (C=O) groups excluding carboxylic acids is 3. The Labute approximate surface area is 175 Å². The Bertz CT molecular complexity index is 927. The van der Waals surface area contributed by atoms with Crippen molar-refractivity contribution in [2.24, 2.45) is 5.92 Å². The number of para-hydroxylation sites is 2. The minimum atomic E-state index is -0.434. The van der Waals surface area contributed by atoms with Crippen molar-refractivity contribution in [3.63, 3.8) is 0 Å². The van der Waals surface area contributed by atoms with Crippen LogP contribution in [0.3, 0.4) is 0 Å². The third kappa shape index (κ3) is 5.47. The van der Waals surface area contributed by atoms with E-state index >= 15 is 0 Å². The van der Waals surface area contributed by atoms with Gasteiger partial charge >= 0.3 is 0 Å². The highest BCUT2D eigenvalue weighted by molar-refractivity contribution is 6.01. The largest absolute Gasteiger partial charge is 0.495 e. The second kappa shape index (κ2) is 10.2. The maximum absolute atomic E-state index is 12.4. The van der Waals surface area contributed by atoms with E-state index < -0.39 is 5.92 Å². The van der Waals surface area contributed by atoms with Gasteiger partial charge in [0, 0.05) is 32.1 Å². The van der Waals surface area contributed by atoms with E-state index in [9.17, 15) is 14.4 Å². The number of rotatable bonds is 8. The zero-order chi connectivity index (χ0) is 21.3. The van der Waals surface area contributed by atoms with Gasteiger partial charge < -0.3 is 20.3 Å². The molecule has 2 N–H and O–H groups in total. The minimum Gasteiger partial charge on any atom is -0.495 e. The van der Waals surface area contributed by atoms with Crippen molar-refractivity contribution in [3.05, 3.63) is 66.2 Å². The van der Waals surface area contributed by atoms with E-state index in [1.807, 2.05) is 42.5 Å². The molecule has 0 aromatic heterocycles. The van der Waals surface area contributed by atoms with Crippen LogP contribution in [0.1, 0.15) is 12.0 Å². The van der Waals surface area contributed by atoms with Gasteiger partial charge in [0.1, 0.15) is 5.75 Å². The summed E-state index contributed by atoms with van der Waals surface area (Å²) in [6.07, 6.45) is 3.33. The lowest BCUT2D eigenvalue weighted by molar-refractivity contribution is -0.126. The normalized spacial score (nSPS) is 16.0. The lowest BCUT2D eigenvalue weighted by Crippen LogP contribution is -2.38. The van der Waals surface area contributed by atoms with Gasteiger partial charge in [0.05, 0.1) is 18.7 Å². The summed E-state index contributed by atoms with van der Waals surface area (Å²) in [5.41, 5.74) is 1.60. The molecule has 2 aromatic rings. The fraction of sp³-hybridized carbons (Fsp3) is 0.261. The molecule has 0 saturated carbocycles. The average molecular weight is 407 g/mol. The van der Waals surface area contributed by atoms with E-state index in [0.29, 0.717) is 31.1 Å². The first-order valence-electron chi connectivity index (χ1n) is 9.80. The van der Waals surface area contributed by atoms with Gasteiger partial charge in [-0.3, -0.25) is 14.4 Å². The molecule has 1 heterocycles. The standard InChI is InChI=1S/C23H25N3O4/c1-30-20-10-6-5-9-19(20)26-16-18(15-22(26)28)23(29)25-14-13-24-21(27)12-11-17-7-3-2-4-8-17/h2-12,18H,13-16H2,1H3,(H,24,27)(H,25,29)/b12-11+/t18-/m1/s1. The molecule has 7 nitrogen and oxygen atoms in total. The van der Waals surface area contributed by atoms with Crippen LogP contribution in [0.15, 0.2) is 60.7 Å². The Morgan fingerprint density at radius 2 is 1.77 bits per heavy atom. The highest BCUT2D eigenvalue weighted by Gasteiger charge is 2.36. The second-order valence-corrected chi connectivity index (χ2v) is 6.90. The number of hydrogen-bond donors (Lipinski definition) is 2. The molecule has 3 rings (SSSR count). The number of carbonyl (C=O) groups is 3. The summed E-state index contributed by atoms with van der Waals surface area (Å²) in [7, 11) is 1.55. The van der Waals surface area contributed by atoms with Crippen molar-refractivity contribution in [2.75, 3.05) is 31.6 Å². The Morgan fingerprint density at radius 3 is 2.53 bits per heavy atom. The minimum absolute atomic E-state index is 0.112. The molecule has 156 valence electrons. The summed E-state index contributed by atoms with van der Waals surface area (Å²) >= 11 is 0. The predicted octanol–water partition coefficient (Wildman–Crippen LogP) is 1.99. The van der Waals surface area contributed by atoms with E-state index in [4.69, 9.17) is 4.74 Å². The number of methoxy groups -OCH3 is 1. The molecule has 0 bridgehead atoms. The Hall–Kier alpha value is -3.61. The topological polar surface area (TPSA) is 87.7 Å². The van der Waals surface area contributed by atoms with E-state index in [2.05, 4.69) is 10.6 Å². The van der Waals surface area contributed by atoms with Gasteiger partial charge in [0.2, 0.25) is 17.7 Å². The quantitative estimate of drug-likeness (QED) is 0.518. The Balaban J connectivity index is 1.43. The van der Waals surface area contributed by atoms with Crippen LogP contribution < -0.4 is 20.3 Å². The molecule has 0 spiro atoms. The van der Waals surface area contributed by atoms with Crippen LogP contribution in [0.4, 0.5) is 5.69 Å². The van der Waals surface area contributed by atoms with Crippen molar-refractivity contribution < 1.29 is 19.1 Å². The van der Waals surface area contributed by atoms with Crippen LogP contribution >= 0.6 is 0 Å². The summed E-state index contributed by atoms with van der Waals surface area (Å²) in [6.45, 7) is 0.904. The molecular formula is C23H25N3O4. The van der Waals surface area contributed by atoms with Gasteiger partial charge in [-0.1, -0.05) is 42.5 Å². The monoisotopic (exact) mass is 407 g/mol. The second-order valence-electron chi connectivity index (χ2n) is 6.90. The molecule has 30 heavy (non-hydrogen) atoms. The van der Waals surface area contributed by atoms with Crippen LogP contribution in [0.25, 0.3) is 6.08 Å². The van der Waals surface area contributed by atoms with Gasteiger partial charge in [-0.2, -0.15) is 0 Å². The fourth-order valence-electron chi connectivity index (χ4n) is 3.28. The molecule has 0 radical (unpaired) electrons. The van der Waals surface area contributed by atoms with E-state index in [1.54, 1.807) is 30.2 Å². The number of hydrogen-bond acceptors (Lipinski definition) is 4. The third-order valence-corrected chi connectivity index (χ3v) is 4.82. The van der Waals surface area contributed by atoms with Crippen molar-refractivity contribution in [1.29, 1.82) is 0 Å². The lowest BCUT2D eigenvalue weighted by atomic mass is 10.1. The fourth-order valence-corrected chi connectivity index (χ4v) is 3.28. The smallest absolute Gasteiger partial charge is 0.244 e. The summed E-state index contributed by atoms with van der Waals surface area (Å²) < 4.78 is 5.31. The van der Waals surface area contributed by atoms with Crippen molar-refractivity contribution in [2.45, 2.75) is 6.42 Å². The van der Waals surface area contributed by atoms with Crippen LogP contribution in [-0.4, -0.2) is 44.5 Å². The highest BCUT2D eigenvalue weighted by atomic mass is 16.5. The molecule has 0 aliphatic carbocycles.